The average molecular weight is 268 g/mol. The van der Waals surface area contributed by atoms with Gasteiger partial charge in [-0.25, -0.2) is 4.79 Å². The molecule has 0 aliphatic heterocycles. The van der Waals surface area contributed by atoms with Crippen molar-refractivity contribution in [3.63, 3.8) is 0 Å². The van der Waals surface area contributed by atoms with Crippen LogP contribution >= 0.6 is 0 Å². The molecule has 0 aliphatic rings. The van der Waals surface area contributed by atoms with Crippen molar-refractivity contribution in [3.05, 3.63) is 18.0 Å². The van der Waals surface area contributed by atoms with Crippen molar-refractivity contribution in [3.8, 4) is 0 Å². The SMILES string of the molecule is CCCC(CNC(=O)NCc1ccn(C)n1)C(=O)O. The van der Waals surface area contributed by atoms with Gasteiger partial charge in [0.15, 0.2) is 0 Å². The first-order valence-electron chi connectivity index (χ1n) is 6.26. The van der Waals surface area contributed by atoms with Crippen LogP contribution in [0.3, 0.4) is 0 Å². The van der Waals surface area contributed by atoms with Gasteiger partial charge in [-0.05, 0) is 12.5 Å². The summed E-state index contributed by atoms with van der Waals surface area (Å²) >= 11 is 0. The Kier molecular flexibility index (Phi) is 5.84. The van der Waals surface area contributed by atoms with Crippen molar-refractivity contribution >= 4 is 12.0 Å². The topological polar surface area (TPSA) is 96.3 Å². The Morgan fingerprint density at radius 2 is 2.21 bits per heavy atom. The molecule has 0 aromatic carbocycles. The van der Waals surface area contributed by atoms with E-state index in [-0.39, 0.29) is 12.6 Å². The fraction of sp³-hybridized carbons (Fsp3) is 0.583. The molecule has 0 saturated carbocycles. The van der Waals surface area contributed by atoms with Crippen molar-refractivity contribution in [2.75, 3.05) is 6.54 Å². The quantitative estimate of drug-likeness (QED) is 0.679. The zero-order valence-electron chi connectivity index (χ0n) is 11.2. The second-order valence-corrected chi connectivity index (χ2v) is 4.37. The maximum atomic E-state index is 11.5. The number of nitrogens with zero attached hydrogens (tertiary/aromatic N) is 2. The predicted octanol–water partition coefficient (Wildman–Crippen LogP) is 0.720. The summed E-state index contributed by atoms with van der Waals surface area (Å²) in [5.74, 6) is -1.42. The molecule has 106 valence electrons. The Labute approximate surface area is 112 Å². The summed E-state index contributed by atoms with van der Waals surface area (Å²) < 4.78 is 1.65. The first-order chi connectivity index (χ1) is 9.02. The summed E-state index contributed by atoms with van der Waals surface area (Å²) in [4.78, 5) is 22.4. The smallest absolute Gasteiger partial charge is 0.315 e. The summed E-state index contributed by atoms with van der Waals surface area (Å²) in [6, 6.07) is 1.42. The number of nitrogens with one attached hydrogen (secondary N) is 2. The number of urea groups is 1. The maximum absolute atomic E-state index is 11.5. The van der Waals surface area contributed by atoms with E-state index < -0.39 is 11.9 Å². The van der Waals surface area contributed by atoms with Crippen LogP contribution in [0.25, 0.3) is 0 Å². The van der Waals surface area contributed by atoms with Crippen LogP contribution in [-0.2, 0) is 18.4 Å². The van der Waals surface area contributed by atoms with Crippen LogP contribution in [0.2, 0.25) is 0 Å². The highest BCUT2D eigenvalue weighted by molar-refractivity contribution is 5.75. The largest absolute Gasteiger partial charge is 0.481 e. The molecule has 0 radical (unpaired) electrons. The van der Waals surface area contributed by atoms with Gasteiger partial charge in [-0.1, -0.05) is 13.3 Å². The lowest BCUT2D eigenvalue weighted by atomic mass is 10.0. The van der Waals surface area contributed by atoms with Crippen LogP contribution in [0.4, 0.5) is 4.79 Å². The molecular formula is C12H20N4O3. The molecule has 0 fully saturated rings. The van der Waals surface area contributed by atoms with E-state index in [2.05, 4.69) is 15.7 Å². The van der Waals surface area contributed by atoms with Gasteiger partial charge < -0.3 is 15.7 Å². The molecule has 3 N–H and O–H groups in total. The third-order valence-corrected chi connectivity index (χ3v) is 2.69. The number of amides is 2. The average Bonchev–Trinajstić information content (AvgIpc) is 2.77. The van der Waals surface area contributed by atoms with E-state index in [0.29, 0.717) is 13.0 Å². The van der Waals surface area contributed by atoms with E-state index in [0.717, 1.165) is 12.1 Å². The third kappa shape index (κ3) is 5.41. The molecule has 1 unspecified atom stereocenters. The fourth-order valence-electron chi connectivity index (χ4n) is 1.67. The lowest BCUT2D eigenvalue weighted by Gasteiger charge is -2.12. The van der Waals surface area contributed by atoms with Gasteiger partial charge in [0.05, 0.1) is 18.2 Å². The van der Waals surface area contributed by atoms with Crippen molar-refractivity contribution in [1.29, 1.82) is 0 Å². The molecule has 7 heteroatoms. The van der Waals surface area contributed by atoms with Gasteiger partial charge in [0.2, 0.25) is 0 Å². The van der Waals surface area contributed by atoms with E-state index in [1.807, 2.05) is 6.92 Å². The van der Waals surface area contributed by atoms with Crippen molar-refractivity contribution in [1.82, 2.24) is 20.4 Å². The van der Waals surface area contributed by atoms with Gasteiger partial charge in [0.1, 0.15) is 0 Å². The van der Waals surface area contributed by atoms with Gasteiger partial charge in [-0.2, -0.15) is 5.10 Å². The van der Waals surface area contributed by atoms with E-state index >= 15 is 0 Å². The van der Waals surface area contributed by atoms with Crippen LogP contribution in [0.15, 0.2) is 12.3 Å². The summed E-state index contributed by atoms with van der Waals surface area (Å²) in [6.07, 6.45) is 3.11. The van der Waals surface area contributed by atoms with Crippen LogP contribution < -0.4 is 10.6 Å². The molecule has 2 amide bonds. The monoisotopic (exact) mass is 268 g/mol. The zero-order chi connectivity index (χ0) is 14.3. The minimum absolute atomic E-state index is 0.136. The lowest BCUT2D eigenvalue weighted by molar-refractivity contribution is -0.141. The van der Waals surface area contributed by atoms with Crippen LogP contribution in [0.5, 0.6) is 0 Å². The molecule has 0 aliphatic carbocycles. The number of hydrogen-bond acceptors (Lipinski definition) is 3. The van der Waals surface area contributed by atoms with E-state index in [9.17, 15) is 9.59 Å². The third-order valence-electron chi connectivity index (χ3n) is 2.69. The molecule has 7 nitrogen and oxygen atoms in total. The Balaban J connectivity index is 2.28. The summed E-state index contributed by atoms with van der Waals surface area (Å²) in [7, 11) is 1.80. The van der Waals surface area contributed by atoms with Crippen LogP contribution in [-0.4, -0.2) is 33.4 Å². The summed E-state index contributed by atoms with van der Waals surface area (Å²) in [6.45, 7) is 2.37. The number of carbonyl (C=O) groups is 2. The minimum atomic E-state index is -0.883. The molecule has 1 atom stereocenters. The molecule has 0 spiro atoms. The van der Waals surface area contributed by atoms with Crippen molar-refractivity contribution in [2.45, 2.75) is 26.3 Å². The molecule has 19 heavy (non-hydrogen) atoms. The van der Waals surface area contributed by atoms with Gasteiger partial charge in [0, 0.05) is 19.8 Å². The van der Waals surface area contributed by atoms with Gasteiger partial charge >= 0.3 is 12.0 Å². The molecule has 1 rings (SSSR count). The number of carboxylic acid groups (broad SMARTS) is 1. The molecule has 0 saturated heterocycles. The van der Waals surface area contributed by atoms with Gasteiger partial charge in [0.25, 0.3) is 0 Å². The number of aliphatic carboxylic acids is 1. The second kappa shape index (κ2) is 7.40. The predicted molar refractivity (Wildman–Crippen MR) is 69.5 cm³/mol. The van der Waals surface area contributed by atoms with Crippen molar-refractivity contribution in [2.24, 2.45) is 13.0 Å². The molecular weight excluding hydrogens is 248 g/mol. The van der Waals surface area contributed by atoms with E-state index in [1.165, 1.54) is 0 Å². The lowest BCUT2D eigenvalue weighted by Crippen LogP contribution is -2.39. The maximum Gasteiger partial charge on any atom is 0.315 e. The molecule has 1 aromatic heterocycles. The number of rotatable bonds is 7. The van der Waals surface area contributed by atoms with Gasteiger partial charge in [-0.3, -0.25) is 9.48 Å². The normalized spacial score (nSPS) is 11.9. The number of hydrogen-bond donors (Lipinski definition) is 3. The number of aromatic nitrogens is 2. The highest BCUT2D eigenvalue weighted by atomic mass is 16.4. The Morgan fingerprint density at radius 1 is 1.47 bits per heavy atom. The number of carboxylic acids is 1. The first kappa shape index (κ1) is 15.0. The molecule has 0 bridgehead atoms. The van der Waals surface area contributed by atoms with Crippen LogP contribution in [0, 0.1) is 5.92 Å². The fourth-order valence-corrected chi connectivity index (χ4v) is 1.67. The molecule has 1 aromatic rings. The van der Waals surface area contributed by atoms with Crippen LogP contribution in [0.1, 0.15) is 25.5 Å². The summed E-state index contributed by atoms with van der Waals surface area (Å²) in [5, 5.41) is 18.2. The van der Waals surface area contributed by atoms with E-state index in [1.54, 1.807) is 24.0 Å². The highest BCUT2D eigenvalue weighted by Gasteiger charge is 2.16. The van der Waals surface area contributed by atoms with Crippen molar-refractivity contribution < 1.29 is 14.7 Å². The second-order valence-electron chi connectivity index (χ2n) is 4.37. The standard InChI is InChI=1S/C12H20N4O3/c1-3-4-9(11(17)18)7-13-12(19)14-8-10-5-6-16(2)15-10/h5-6,9H,3-4,7-8H2,1-2H3,(H,17,18)(H2,13,14,19). The zero-order valence-corrected chi connectivity index (χ0v) is 11.2. The Bertz CT molecular complexity index is 430. The minimum Gasteiger partial charge on any atom is -0.481 e. The number of aryl methyl sites for hydroxylation is 1. The first-order valence-corrected chi connectivity index (χ1v) is 6.26. The van der Waals surface area contributed by atoms with E-state index in [4.69, 9.17) is 5.11 Å². The Morgan fingerprint density at radius 3 is 2.74 bits per heavy atom. The highest BCUT2D eigenvalue weighted by Crippen LogP contribution is 2.04. The number of carbonyl (C=O) groups excluding carboxylic acids is 1. The van der Waals surface area contributed by atoms with Gasteiger partial charge in [-0.15, -0.1) is 0 Å². The molecule has 1 heterocycles. The Hall–Kier alpha value is -2.05. The summed E-state index contributed by atoms with van der Waals surface area (Å²) in [5.41, 5.74) is 0.751.